The quantitative estimate of drug-likeness (QED) is 0.776. The van der Waals surface area contributed by atoms with Crippen molar-refractivity contribution in [3.8, 4) is 5.75 Å². The fourth-order valence-electron chi connectivity index (χ4n) is 1.47. The first-order valence-electron chi connectivity index (χ1n) is 4.80. The number of aromatic nitrogens is 1. The van der Waals surface area contributed by atoms with E-state index in [1.807, 2.05) is 0 Å². The molecule has 0 saturated carbocycles. The molecule has 0 aliphatic carbocycles. The van der Waals surface area contributed by atoms with Crippen LogP contribution in [-0.2, 0) is 0 Å². The highest BCUT2D eigenvalue weighted by atomic mass is 35.5. The number of halogens is 5. The molecule has 2 aromatic rings. The van der Waals surface area contributed by atoms with E-state index in [4.69, 9.17) is 11.6 Å². The number of alkyl halides is 4. The first kappa shape index (κ1) is 12.9. The van der Waals surface area contributed by atoms with Crippen LogP contribution in [0, 0.1) is 0 Å². The highest BCUT2D eigenvalue weighted by Gasteiger charge is 2.13. The molecule has 0 aliphatic rings. The maximum atomic E-state index is 12.5. The number of rotatable bonds is 3. The molecule has 0 N–H and O–H groups in total. The zero-order chi connectivity index (χ0) is 13.3. The topological polar surface area (TPSA) is 22.1 Å². The van der Waals surface area contributed by atoms with Crippen molar-refractivity contribution in [1.29, 1.82) is 0 Å². The molecule has 0 amide bonds. The molecule has 2 rings (SSSR count). The van der Waals surface area contributed by atoms with Crippen LogP contribution < -0.4 is 4.74 Å². The summed E-state index contributed by atoms with van der Waals surface area (Å²) in [5, 5.41) is 0.286. The summed E-state index contributed by atoms with van der Waals surface area (Å²) in [7, 11) is 0. The van der Waals surface area contributed by atoms with E-state index >= 15 is 0 Å². The van der Waals surface area contributed by atoms with E-state index in [1.165, 1.54) is 18.2 Å². The summed E-state index contributed by atoms with van der Waals surface area (Å²) in [5.74, 6) is -0.106. The number of hydrogen-bond donors (Lipinski definition) is 0. The molecule has 0 saturated heterocycles. The lowest BCUT2D eigenvalue weighted by Crippen LogP contribution is -2.01. The smallest absolute Gasteiger partial charge is 0.387 e. The van der Waals surface area contributed by atoms with Gasteiger partial charge < -0.3 is 4.74 Å². The molecule has 96 valence electrons. The highest BCUT2D eigenvalue weighted by Crippen LogP contribution is 2.30. The SMILES string of the molecule is FC(F)Oc1ccc2nc(C(F)F)cc(Cl)c2c1. The van der Waals surface area contributed by atoms with Crippen LogP contribution in [0.15, 0.2) is 24.3 Å². The van der Waals surface area contributed by atoms with Crippen molar-refractivity contribution in [1.82, 2.24) is 4.98 Å². The Morgan fingerprint density at radius 3 is 2.44 bits per heavy atom. The van der Waals surface area contributed by atoms with Gasteiger partial charge in [-0.1, -0.05) is 11.6 Å². The van der Waals surface area contributed by atoms with Crippen LogP contribution in [0.1, 0.15) is 12.1 Å². The molecule has 1 aromatic carbocycles. The Bertz CT molecular complexity index is 576. The third-order valence-electron chi connectivity index (χ3n) is 2.20. The van der Waals surface area contributed by atoms with Crippen LogP contribution in [0.5, 0.6) is 5.75 Å². The van der Waals surface area contributed by atoms with Gasteiger partial charge >= 0.3 is 6.61 Å². The van der Waals surface area contributed by atoms with Crippen molar-refractivity contribution >= 4 is 22.5 Å². The number of fused-ring (bicyclic) bond motifs is 1. The minimum atomic E-state index is -2.96. The van der Waals surface area contributed by atoms with Crippen LogP contribution in [0.2, 0.25) is 5.02 Å². The van der Waals surface area contributed by atoms with Crippen LogP contribution in [0.25, 0.3) is 10.9 Å². The molecule has 0 spiro atoms. The normalized spacial score (nSPS) is 11.5. The zero-order valence-electron chi connectivity index (χ0n) is 8.71. The summed E-state index contributed by atoms with van der Waals surface area (Å²) in [6.45, 7) is -2.96. The van der Waals surface area contributed by atoms with Crippen LogP contribution in [0.4, 0.5) is 17.6 Å². The Labute approximate surface area is 104 Å². The summed E-state index contributed by atoms with van der Waals surface area (Å²) < 4.78 is 53.2. The molecular weight excluding hydrogens is 274 g/mol. The van der Waals surface area contributed by atoms with Gasteiger partial charge in [-0.3, -0.25) is 0 Å². The Kier molecular flexibility index (Phi) is 3.56. The van der Waals surface area contributed by atoms with Gasteiger partial charge in [-0.15, -0.1) is 0 Å². The van der Waals surface area contributed by atoms with E-state index in [0.29, 0.717) is 0 Å². The summed E-state index contributed by atoms with van der Waals surface area (Å²) in [6, 6.07) is 4.74. The number of hydrogen-bond acceptors (Lipinski definition) is 2. The Balaban J connectivity index is 2.51. The van der Waals surface area contributed by atoms with E-state index in [2.05, 4.69) is 9.72 Å². The van der Waals surface area contributed by atoms with Gasteiger partial charge in [0.2, 0.25) is 0 Å². The van der Waals surface area contributed by atoms with Gasteiger partial charge in [0, 0.05) is 5.39 Å². The summed E-state index contributed by atoms with van der Waals surface area (Å²) in [4.78, 5) is 3.68. The highest BCUT2D eigenvalue weighted by molar-refractivity contribution is 6.35. The maximum Gasteiger partial charge on any atom is 0.387 e. The lowest BCUT2D eigenvalue weighted by molar-refractivity contribution is -0.0497. The molecule has 7 heteroatoms. The number of pyridine rings is 1. The minimum Gasteiger partial charge on any atom is -0.435 e. The second-order valence-corrected chi connectivity index (χ2v) is 3.79. The summed E-state index contributed by atoms with van der Waals surface area (Å²) in [5.41, 5.74) is -0.269. The minimum absolute atomic E-state index is 0.00927. The van der Waals surface area contributed by atoms with Gasteiger partial charge in [0.15, 0.2) is 0 Å². The van der Waals surface area contributed by atoms with Gasteiger partial charge in [-0.05, 0) is 24.3 Å². The Morgan fingerprint density at radius 1 is 1.11 bits per heavy atom. The van der Waals surface area contributed by atoms with Crippen molar-refractivity contribution in [2.75, 3.05) is 0 Å². The molecule has 0 radical (unpaired) electrons. The monoisotopic (exact) mass is 279 g/mol. The van der Waals surface area contributed by atoms with E-state index < -0.39 is 18.7 Å². The van der Waals surface area contributed by atoms with Gasteiger partial charge in [0.1, 0.15) is 11.4 Å². The maximum absolute atomic E-state index is 12.5. The second kappa shape index (κ2) is 4.97. The van der Waals surface area contributed by atoms with Crippen molar-refractivity contribution in [3.05, 3.63) is 35.0 Å². The molecule has 2 nitrogen and oxygen atoms in total. The molecule has 0 aliphatic heterocycles. The number of benzene rings is 1. The van der Waals surface area contributed by atoms with Crippen LogP contribution in [-0.4, -0.2) is 11.6 Å². The first-order chi connectivity index (χ1) is 8.47. The molecule has 1 aromatic heterocycles. The average molecular weight is 280 g/mol. The predicted molar refractivity (Wildman–Crippen MR) is 58.3 cm³/mol. The van der Waals surface area contributed by atoms with Crippen LogP contribution in [0.3, 0.4) is 0 Å². The van der Waals surface area contributed by atoms with E-state index in [0.717, 1.165) is 6.07 Å². The van der Waals surface area contributed by atoms with Gasteiger partial charge in [-0.2, -0.15) is 8.78 Å². The second-order valence-electron chi connectivity index (χ2n) is 3.39. The van der Waals surface area contributed by atoms with E-state index in [1.54, 1.807) is 0 Å². The Morgan fingerprint density at radius 2 is 1.83 bits per heavy atom. The Hall–Kier alpha value is -1.56. The van der Waals surface area contributed by atoms with Gasteiger partial charge in [-0.25, -0.2) is 13.8 Å². The molecule has 0 atom stereocenters. The third kappa shape index (κ3) is 2.64. The molecule has 0 unspecified atom stereocenters. The predicted octanol–water partition coefficient (Wildman–Crippen LogP) is 4.43. The fraction of sp³-hybridized carbons (Fsp3) is 0.182. The van der Waals surface area contributed by atoms with E-state index in [-0.39, 0.29) is 21.7 Å². The van der Waals surface area contributed by atoms with Crippen molar-refractivity contribution in [2.45, 2.75) is 13.0 Å². The first-order valence-corrected chi connectivity index (χ1v) is 5.18. The zero-order valence-corrected chi connectivity index (χ0v) is 9.47. The van der Waals surface area contributed by atoms with Crippen molar-refractivity contribution in [3.63, 3.8) is 0 Å². The standard InChI is InChI=1S/C11H6ClF4NO/c12-7-4-9(10(13)14)17-8-2-1-5(3-6(7)8)18-11(15)16/h1-4,10-11H. The summed E-state index contributed by atoms with van der Waals surface area (Å²) >= 11 is 5.80. The average Bonchev–Trinajstić information content (AvgIpc) is 2.28. The van der Waals surface area contributed by atoms with E-state index in [9.17, 15) is 17.6 Å². The lowest BCUT2D eigenvalue weighted by Gasteiger charge is -2.08. The molecule has 0 fully saturated rings. The van der Waals surface area contributed by atoms with Crippen molar-refractivity contribution in [2.24, 2.45) is 0 Å². The van der Waals surface area contributed by atoms with Gasteiger partial charge in [0.05, 0.1) is 10.5 Å². The molecule has 0 bridgehead atoms. The summed E-state index contributed by atoms with van der Waals surface area (Å²) in [6.07, 6.45) is -2.75. The largest absolute Gasteiger partial charge is 0.435 e. The lowest BCUT2D eigenvalue weighted by atomic mass is 10.2. The molecule has 18 heavy (non-hydrogen) atoms. The van der Waals surface area contributed by atoms with Gasteiger partial charge in [0.25, 0.3) is 6.43 Å². The van der Waals surface area contributed by atoms with Crippen molar-refractivity contribution < 1.29 is 22.3 Å². The fourth-order valence-corrected chi connectivity index (χ4v) is 1.73. The molecule has 1 heterocycles. The third-order valence-corrected chi connectivity index (χ3v) is 2.51. The number of nitrogens with zero attached hydrogens (tertiary/aromatic N) is 1. The molecular formula is C11H6ClF4NO. The number of ether oxygens (including phenoxy) is 1. The van der Waals surface area contributed by atoms with Crippen LogP contribution >= 0.6 is 11.6 Å².